The molecule has 1 rings (SSSR count). The minimum Gasteiger partial charge on any atom is -0.309 e. The summed E-state index contributed by atoms with van der Waals surface area (Å²) in [4.78, 5) is 0. The summed E-state index contributed by atoms with van der Waals surface area (Å²) in [5.41, 5.74) is 0.827. The second kappa shape index (κ2) is 3.54. The fourth-order valence-corrected chi connectivity index (χ4v) is 0.871. The number of hydrogen-bond acceptors (Lipinski definition) is 2. The van der Waals surface area contributed by atoms with E-state index >= 15 is 0 Å². The Morgan fingerprint density at radius 3 is 2.92 bits per heavy atom. The third-order valence-electron chi connectivity index (χ3n) is 1.42. The van der Waals surface area contributed by atoms with Gasteiger partial charge in [0.15, 0.2) is 0 Å². The van der Waals surface area contributed by atoms with Crippen LogP contribution in [0.5, 0.6) is 0 Å². The smallest absolute Gasteiger partial charge is 0.130 e. The van der Waals surface area contributed by atoms with Crippen molar-refractivity contribution >= 4 is 6.20 Å². The number of rotatable bonds is 1. The zero-order valence-corrected chi connectivity index (χ0v) is 6.78. The van der Waals surface area contributed by atoms with E-state index < -0.39 is 0 Å². The van der Waals surface area contributed by atoms with Crippen LogP contribution in [0, 0.1) is 16.7 Å². The van der Waals surface area contributed by atoms with Gasteiger partial charge >= 0.3 is 0 Å². The Morgan fingerprint density at radius 1 is 1.67 bits per heavy atom. The molecule has 0 radical (unpaired) electrons. The molecular weight excluding hydrogens is 150 g/mol. The standard InChI is InChI=1S/C9H9N3/c1-2-4-12-5-3-8(7-10)6-9(12)11/h2-6,11H,1H3/b4-2-,11-9?. The molecule has 0 amide bonds. The predicted molar refractivity (Wildman–Crippen MR) is 46.0 cm³/mol. The second-order valence-electron chi connectivity index (χ2n) is 2.30. The third-order valence-corrected chi connectivity index (χ3v) is 1.42. The number of aromatic nitrogens is 1. The molecule has 1 aromatic heterocycles. The van der Waals surface area contributed by atoms with Crippen molar-refractivity contribution in [3.63, 3.8) is 0 Å². The lowest BCUT2D eigenvalue weighted by atomic mass is 10.3. The van der Waals surface area contributed by atoms with Crippen LogP contribution in [-0.2, 0) is 0 Å². The fraction of sp³-hybridized carbons (Fsp3) is 0.111. The Hall–Kier alpha value is -1.82. The van der Waals surface area contributed by atoms with Crippen molar-refractivity contribution < 1.29 is 0 Å². The van der Waals surface area contributed by atoms with E-state index in [1.165, 1.54) is 6.07 Å². The topological polar surface area (TPSA) is 52.6 Å². The van der Waals surface area contributed by atoms with Gasteiger partial charge in [-0.25, -0.2) is 0 Å². The van der Waals surface area contributed by atoms with Gasteiger partial charge in [-0.1, -0.05) is 6.08 Å². The summed E-state index contributed by atoms with van der Waals surface area (Å²) >= 11 is 0. The number of nitriles is 1. The first kappa shape index (κ1) is 8.28. The third kappa shape index (κ3) is 1.61. The van der Waals surface area contributed by atoms with Crippen LogP contribution in [-0.4, -0.2) is 4.57 Å². The zero-order valence-electron chi connectivity index (χ0n) is 6.78. The first-order chi connectivity index (χ1) is 5.77. The largest absolute Gasteiger partial charge is 0.309 e. The van der Waals surface area contributed by atoms with Gasteiger partial charge in [0.25, 0.3) is 0 Å². The normalized spacial score (nSPS) is 10.0. The van der Waals surface area contributed by atoms with Crippen molar-refractivity contribution in [2.75, 3.05) is 0 Å². The van der Waals surface area contributed by atoms with Gasteiger partial charge in [0.05, 0.1) is 11.6 Å². The van der Waals surface area contributed by atoms with Gasteiger partial charge in [0.2, 0.25) is 0 Å². The number of allylic oxidation sites excluding steroid dienone is 1. The van der Waals surface area contributed by atoms with Crippen LogP contribution in [0.3, 0.4) is 0 Å². The SMILES string of the molecule is C/C=C\n1ccc(C#N)cc1=N. The van der Waals surface area contributed by atoms with Crippen LogP contribution in [0.25, 0.3) is 6.20 Å². The van der Waals surface area contributed by atoms with Gasteiger partial charge in [-0.05, 0) is 19.1 Å². The molecular formula is C9H9N3. The van der Waals surface area contributed by atoms with E-state index in [-0.39, 0.29) is 0 Å². The molecule has 3 nitrogen and oxygen atoms in total. The lowest BCUT2D eigenvalue weighted by molar-refractivity contribution is 0.970. The number of pyridine rings is 1. The van der Waals surface area contributed by atoms with Gasteiger partial charge in [-0.2, -0.15) is 5.26 Å². The quantitative estimate of drug-likeness (QED) is 0.660. The highest BCUT2D eigenvalue weighted by Crippen LogP contribution is 1.91. The van der Waals surface area contributed by atoms with Crippen molar-refractivity contribution in [3.8, 4) is 6.07 Å². The first-order valence-electron chi connectivity index (χ1n) is 3.57. The lowest BCUT2D eigenvalue weighted by Crippen LogP contribution is -2.13. The molecule has 0 spiro atoms. The number of nitrogens with one attached hydrogen (secondary N) is 1. The summed E-state index contributed by atoms with van der Waals surface area (Å²) in [6, 6.07) is 5.19. The molecule has 1 N–H and O–H groups in total. The van der Waals surface area contributed by atoms with Crippen molar-refractivity contribution in [1.82, 2.24) is 4.57 Å². The first-order valence-corrected chi connectivity index (χ1v) is 3.57. The summed E-state index contributed by atoms with van der Waals surface area (Å²) in [5.74, 6) is 0. The summed E-state index contributed by atoms with van der Waals surface area (Å²) in [5, 5.41) is 16.0. The van der Waals surface area contributed by atoms with E-state index in [4.69, 9.17) is 10.7 Å². The van der Waals surface area contributed by atoms with E-state index in [0.29, 0.717) is 11.1 Å². The predicted octanol–water partition coefficient (Wildman–Crippen LogP) is 1.33. The Morgan fingerprint density at radius 2 is 2.42 bits per heavy atom. The number of hydrogen-bond donors (Lipinski definition) is 1. The molecule has 60 valence electrons. The average Bonchev–Trinajstić information content (AvgIpc) is 2.09. The highest BCUT2D eigenvalue weighted by atomic mass is 14.9. The maximum absolute atomic E-state index is 8.52. The van der Waals surface area contributed by atoms with Crippen LogP contribution >= 0.6 is 0 Å². The van der Waals surface area contributed by atoms with Gasteiger partial charge in [0, 0.05) is 12.4 Å². The summed E-state index contributed by atoms with van der Waals surface area (Å²) in [6.07, 6.45) is 5.30. The molecule has 1 aromatic rings. The van der Waals surface area contributed by atoms with Crippen molar-refractivity contribution in [2.45, 2.75) is 6.92 Å². The average molecular weight is 159 g/mol. The van der Waals surface area contributed by atoms with Crippen molar-refractivity contribution in [2.24, 2.45) is 0 Å². The van der Waals surface area contributed by atoms with E-state index in [1.807, 2.05) is 19.1 Å². The molecule has 3 heteroatoms. The van der Waals surface area contributed by atoms with Gasteiger partial charge in [0.1, 0.15) is 5.49 Å². The molecule has 1 heterocycles. The maximum atomic E-state index is 8.52. The van der Waals surface area contributed by atoms with Crippen LogP contribution in [0.4, 0.5) is 0 Å². The van der Waals surface area contributed by atoms with Gasteiger partial charge in [-0.15, -0.1) is 0 Å². The Kier molecular flexibility index (Phi) is 2.44. The molecule has 0 aliphatic rings. The molecule has 0 fully saturated rings. The zero-order chi connectivity index (χ0) is 8.97. The molecule has 0 saturated heterocycles. The molecule has 12 heavy (non-hydrogen) atoms. The molecule has 0 aliphatic carbocycles. The Labute approximate surface area is 70.7 Å². The van der Waals surface area contributed by atoms with Gasteiger partial charge in [-0.3, -0.25) is 5.41 Å². The lowest BCUT2D eigenvalue weighted by Gasteiger charge is -1.97. The summed E-state index contributed by atoms with van der Waals surface area (Å²) in [7, 11) is 0. The highest BCUT2D eigenvalue weighted by Gasteiger charge is 1.90. The van der Waals surface area contributed by atoms with Crippen LogP contribution < -0.4 is 5.49 Å². The maximum Gasteiger partial charge on any atom is 0.130 e. The fourth-order valence-electron chi connectivity index (χ4n) is 0.871. The van der Waals surface area contributed by atoms with E-state index in [0.717, 1.165) is 0 Å². The van der Waals surface area contributed by atoms with Crippen molar-refractivity contribution in [1.29, 1.82) is 10.7 Å². The second-order valence-corrected chi connectivity index (χ2v) is 2.30. The van der Waals surface area contributed by atoms with E-state index in [1.54, 1.807) is 23.0 Å². The van der Waals surface area contributed by atoms with Crippen LogP contribution in [0.1, 0.15) is 12.5 Å². The van der Waals surface area contributed by atoms with Crippen LogP contribution in [0.15, 0.2) is 24.4 Å². The summed E-state index contributed by atoms with van der Waals surface area (Å²) in [6.45, 7) is 1.88. The Bertz CT molecular complexity index is 393. The number of nitrogens with zero attached hydrogens (tertiary/aromatic N) is 2. The minimum absolute atomic E-state index is 0.312. The molecule has 0 atom stereocenters. The minimum atomic E-state index is 0.312. The van der Waals surface area contributed by atoms with E-state index in [9.17, 15) is 0 Å². The summed E-state index contributed by atoms with van der Waals surface area (Å²) < 4.78 is 1.64. The highest BCUT2D eigenvalue weighted by molar-refractivity contribution is 5.29. The monoisotopic (exact) mass is 159 g/mol. The molecule has 0 unspecified atom stereocenters. The molecule has 0 aromatic carbocycles. The Balaban J connectivity index is 3.23. The van der Waals surface area contributed by atoms with E-state index in [2.05, 4.69) is 0 Å². The molecule has 0 bridgehead atoms. The molecule has 0 aliphatic heterocycles. The van der Waals surface area contributed by atoms with Gasteiger partial charge < -0.3 is 4.57 Å². The van der Waals surface area contributed by atoms with Crippen molar-refractivity contribution in [3.05, 3.63) is 35.5 Å². The van der Waals surface area contributed by atoms with Crippen LogP contribution in [0.2, 0.25) is 0 Å². The molecule has 0 saturated carbocycles.